The lowest BCUT2D eigenvalue weighted by Gasteiger charge is -2.31. The van der Waals surface area contributed by atoms with E-state index in [9.17, 15) is 9.50 Å². The Kier molecular flexibility index (Phi) is 4.21. The van der Waals surface area contributed by atoms with Crippen LogP contribution in [-0.4, -0.2) is 37.0 Å². The molecule has 0 amide bonds. The number of hydrogen-bond acceptors (Lipinski definition) is 5. The number of aliphatic hydroxyl groups is 1. The number of hydrogen-bond donors (Lipinski definition) is 1. The molecule has 1 saturated carbocycles. The number of nitrogens with zero attached hydrogens (tertiary/aromatic N) is 1. The molecule has 1 N–H and O–H groups in total. The summed E-state index contributed by atoms with van der Waals surface area (Å²) in [6.45, 7) is 2.70. The molecule has 2 aromatic rings. The number of halogens is 1. The van der Waals surface area contributed by atoms with E-state index < -0.39 is 5.60 Å². The Morgan fingerprint density at radius 2 is 1.93 bits per heavy atom. The summed E-state index contributed by atoms with van der Waals surface area (Å²) >= 11 is 0. The van der Waals surface area contributed by atoms with E-state index >= 15 is 0 Å². The van der Waals surface area contributed by atoms with E-state index in [0.29, 0.717) is 11.7 Å². The fourth-order valence-electron chi connectivity index (χ4n) is 5.13. The molecule has 6 heteroatoms. The molecular formula is C22H24FNO4. The van der Waals surface area contributed by atoms with Gasteiger partial charge in [0.25, 0.3) is 0 Å². The lowest BCUT2D eigenvalue weighted by molar-refractivity contribution is -0.00689. The lowest BCUT2D eigenvalue weighted by Crippen LogP contribution is -2.34. The van der Waals surface area contributed by atoms with Gasteiger partial charge in [0.2, 0.25) is 6.79 Å². The van der Waals surface area contributed by atoms with E-state index in [1.54, 1.807) is 19.2 Å². The van der Waals surface area contributed by atoms with Crippen LogP contribution in [0.25, 0.3) is 0 Å². The van der Waals surface area contributed by atoms with Gasteiger partial charge in [-0.25, -0.2) is 4.39 Å². The van der Waals surface area contributed by atoms with Crippen LogP contribution in [-0.2, 0) is 12.1 Å². The summed E-state index contributed by atoms with van der Waals surface area (Å²) in [5.74, 6) is 2.57. The van der Waals surface area contributed by atoms with E-state index in [1.807, 2.05) is 12.1 Å². The first kappa shape index (κ1) is 17.8. The van der Waals surface area contributed by atoms with Crippen LogP contribution in [0, 0.1) is 17.7 Å². The summed E-state index contributed by atoms with van der Waals surface area (Å²) in [5.41, 5.74) is 0.993. The monoisotopic (exact) mass is 385 g/mol. The maximum Gasteiger partial charge on any atom is 0.231 e. The first-order valence-corrected chi connectivity index (χ1v) is 9.74. The minimum atomic E-state index is -0.883. The number of methoxy groups -OCH3 is 1. The molecule has 3 atom stereocenters. The largest absolute Gasteiger partial charge is 0.496 e. The zero-order valence-electron chi connectivity index (χ0n) is 15.9. The van der Waals surface area contributed by atoms with Crippen LogP contribution < -0.4 is 14.2 Å². The third kappa shape index (κ3) is 2.83. The number of benzene rings is 2. The average Bonchev–Trinajstić information content (AvgIpc) is 3.39. The molecule has 0 spiro atoms. The highest BCUT2D eigenvalue weighted by Gasteiger charge is 2.52. The standard InChI is InChI=1S/C22H24FNO4/c1-26-19-9-21-20(27-13-28-21)8-15(19)11-24-10-14-6-7-22(25,18(14)12-24)16-2-4-17(23)5-3-16/h2-5,8-9,14,18,25H,6-7,10-13H2,1H3. The fourth-order valence-corrected chi connectivity index (χ4v) is 5.13. The summed E-state index contributed by atoms with van der Waals surface area (Å²) in [4.78, 5) is 2.36. The van der Waals surface area contributed by atoms with Crippen molar-refractivity contribution in [2.24, 2.45) is 11.8 Å². The van der Waals surface area contributed by atoms with Crippen LogP contribution in [0.5, 0.6) is 17.2 Å². The molecule has 0 bridgehead atoms. The predicted octanol–water partition coefficient (Wildman–Crippen LogP) is 3.29. The fraction of sp³-hybridized carbons (Fsp3) is 0.455. The van der Waals surface area contributed by atoms with E-state index in [2.05, 4.69) is 4.90 Å². The Bertz CT molecular complexity index is 887. The Hall–Kier alpha value is -2.31. The summed E-state index contributed by atoms with van der Waals surface area (Å²) in [7, 11) is 1.66. The quantitative estimate of drug-likeness (QED) is 0.875. The highest BCUT2D eigenvalue weighted by atomic mass is 19.1. The Balaban J connectivity index is 1.36. The van der Waals surface area contributed by atoms with Crippen molar-refractivity contribution in [1.82, 2.24) is 4.90 Å². The van der Waals surface area contributed by atoms with Crippen LogP contribution in [0.2, 0.25) is 0 Å². The van der Waals surface area contributed by atoms with Crippen molar-refractivity contribution in [3.8, 4) is 17.2 Å². The van der Waals surface area contributed by atoms with E-state index in [1.165, 1.54) is 12.1 Å². The average molecular weight is 385 g/mol. The van der Waals surface area contributed by atoms with Crippen LogP contribution in [0.1, 0.15) is 24.0 Å². The molecule has 2 aromatic carbocycles. The van der Waals surface area contributed by atoms with Gasteiger partial charge in [-0.3, -0.25) is 4.90 Å². The van der Waals surface area contributed by atoms with Gasteiger partial charge in [0.1, 0.15) is 11.6 Å². The molecule has 2 fully saturated rings. The second-order valence-corrected chi connectivity index (χ2v) is 8.05. The molecule has 1 saturated heterocycles. The number of likely N-dealkylation sites (tertiary alicyclic amines) is 1. The zero-order valence-corrected chi connectivity index (χ0v) is 15.9. The van der Waals surface area contributed by atoms with Crippen molar-refractivity contribution in [1.29, 1.82) is 0 Å². The van der Waals surface area contributed by atoms with Crippen LogP contribution in [0.4, 0.5) is 4.39 Å². The summed E-state index contributed by atoms with van der Waals surface area (Å²) in [6, 6.07) is 10.2. The maximum absolute atomic E-state index is 13.3. The molecule has 1 aliphatic carbocycles. The molecule has 5 rings (SSSR count). The molecule has 3 aliphatic rings. The van der Waals surface area contributed by atoms with Crippen molar-refractivity contribution < 1.29 is 23.7 Å². The van der Waals surface area contributed by atoms with Crippen molar-refractivity contribution in [2.75, 3.05) is 27.0 Å². The third-order valence-electron chi connectivity index (χ3n) is 6.54. The second-order valence-electron chi connectivity index (χ2n) is 8.05. The van der Waals surface area contributed by atoms with Gasteiger partial charge in [-0.2, -0.15) is 0 Å². The normalized spacial score (nSPS) is 28.5. The van der Waals surface area contributed by atoms with Crippen molar-refractivity contribution >= 4 is 0 Å². The molecule has 148 valence electrons. The van der Waals surface area contributed by atoms with Gasteiger partial charge in [-0.05, 0) is 42.5 Å². The van der Waals surface area contributed by atoms with Crippen LogP contribution in [0.15, 0.2) is 36.4 Å². The smallest absolute Gasteiger partial charge is 0.231 e. The molecule has 5 nitrogen and oxygen atoms in total. The molecule has 0 radical (unpaired) electrons. The summed E-state index contributed by atoms with van der Waals surface area (Å²) in [6.07, 6.45) is 1.71. The van der Waals surface area contributed by atoms with Crippen molar-refractivity contribution in [3.05, 3.63) is 53.3 Å². The zero-order chi connectivity index (χ0) is 19.3. The maximum atomic E-state index is 13.3. The van der Waals surface area contributed by atoms with E-state index in [4.69, 9.17) is 14.2 Å². The van der Waals surface area contributed by atoms with E-state index in [-0.39, 0.29) is 18.5 Å². The third-order valence-corrected chi connectivity index (χ3v) is 6.54. The summed E-state index contributed by atoms with van der Waals surface area (Å²) in [5, 5.41) is 11.4. The molecule has 2 aliphatic heterocycles. The molecule has 3 unspecified atom stereocenters. The highest BCUT2D eigenvalue weighted by molar-refractivity contribution is 5.51. The molecular weight excluding hydrogens is 361 g/mol. The van der Waals surface area contributed by atoms with Gasteiger partial charge in [0.05, 0.1) is 12.7 Å². The van der Waals surface area contributed by atoms with Gasteiger partial charge < -0.3 is 19.3 Å². The lowest BCUT2D eigenvalue weighted by atomic mass is 9.82. The van der Waals surface area contributed by atoms with Gasteiger partial charge >= 0.3 is 0 Å². The topological polar surface area (TPSA) is 51.2 Å². The number of ether oxygens (including phenoxy) is 3. The van der Waals surface area contributed by atoms with Crippen molar-refractivity contribution in [3.63, 3.8) is 0 Å². The Labute approximate surface area is 163 Å². The van der Waals surface area contributed by atoms with Gasteiger partial charge in [-0.15, -0.1) is 0 Å². The molecule has 2 heterocycles. The molecule has 28 heavy (non-hydrogen) atoms. The second kappa shape index (κ2) is 6.64. The predicted molar refractivity (Wildman–Crippen MR) is 101 cm³/mol. The summed E-state index contributed by atoms with van der Waals surface area (Å²) < 4.78 is 29.8. The van der Waals surface area contributed by atoms with Crippen LogP contribution in [0.3, 0.4) is 0 Å². The number of rotatable bonds is 4. The first-order chi connectivity index (χ1) is 13.6. The minimum Gasteiger partial charge on any atom is -0.496 e. The Morgan fingerprint density at radius 1 is 1.18 bits per heavy atom. The van der Waals surface area contributed by atoms with Crippen LogP contribution >= 0.6 is 0 Å². The molecule has 0 aromatic heterocycles. The Morgan fingerprint density at radius 3 is 2.68 bits per heavy atom. The SMILES string of the molecule is COc1cc2c(cc1CN1CC3CCC(O)(c4ccc(F)cc4)C3C1)OCO2. The van der Waals surface area contributed by atoms with E-state index in [0.717, 1.165) is 55.1 Å². The van der Waals surface area contributed by atoms with Crippen molar-refractivity contribution in [2.45, 2.75) is 25.0 Å². The number of fused-ring (bicyclic) bond motifs is 2. The first-order valence-electron chi connectivity index (χ1n) is 9.74. The van der Waals surface area contributed by atoms with Gasteiger partial charge in [0, 0.05) is 37.2 Å². The van der Waals surface area contributed by atoms with Gasteiger partial charge in [0.15, 0.2) is 11.5 Å². The minimum absolute atomic E-state index is 0.151. The highest BCUT2D eigenvalue weighted by Crippen LogP contribution is 2.51. The van der Waals surface area contributed by atoms with Gasteiger partial charge in [-0.1, -0.05) is 12.1 Å².